The molecular weight excluding hydrogens is 497 g/mol. The SMILES string of the molecule is CC[C@H](C)[C@H](NC(=O)[C@@H](NS(=O)(=O)c1nccs1)C1CCCC1)C(=O)NCC(=O)N[C@@H](C)B(O)O. The standard InChI is InChI=1S/C20H34BN5O7S2/c1-4-12(2)16(18(28)23-11-15(27)24-13(3)21(30)31)25-19(29)17(14-7-5-6-8-14)26-35(32,33)20-22-9-10-34-20/h9-10,12-14,16-17,26,30-31H,4-8,11H2,1-3H3,(H,23,28)(H,24,27)(H,25,29)/t12-,13-,16-,17-/m0/s1. The van der Waals surface area contributed by atoms with Gasteiger partial charge in [0.05, 0.1) is 12.5 Å². The fourth-order valence-corrected chi connectivity index (χ4v) is 5.93. The molecule has 35 heavy (non-hydrogen) atoms. The Hall–Kier alpha value is -2.07. The number of carbonyl (C=O) groups is 3. The predicted octanol–water partition coefficient (Wildman–Crippen LogP) is -0.856. The number of amides is 3. The molecule has 0 spiro atoms. The van der Waals surface area contributed by atoms with Gasteiger partial charge in [0.2, 0.25) is 22.1 Å². The van der Waals surface area contributed by atoms with E-state index >= 15 is 0 Å². The number of rotatable bonds is 13. The van der Waals surface area contributed by atoms with E-state index < -0.39 is 59.4 Å². The van der Waals surface area contributed by atoms with Crippen LogP contribution in [0.2, 0.25) is 0 Å². The number of carbonyl (C=O) groups excluding carboxylic acids is 3. The van der Waals surface area contributed by atoms with Crippen molar-refractivity contribution in [2.75, 3.05) is 6.54 Å². The molecule has 0 radical (unpaired) electrons. The Bertz CT molecular complexity index is 955. The van der Waals surface area contributed by atoms with E-state index in [0.29, 0.717) is 19.3 Å². The van der Waals surface area contributed by atoms with Crippen molar-refractivity contribution in [3.63, 3.8) is 0 Å². The summed E-state index contributed by atoms with van der Waals surface area (Å²) < 4.78 is 27.9. The van der Waals surface area contributed by atoms with Crippen molar-refractivity contribution in [1.82, 2.24) is 25.7 Å². The molecule has 0 unspecified atom stereocenters. The van der Waals surface area contributed by atoms with Gasteiger partial charge in [-0.15, -0.1) is 11.3 Å². The van der Waals surface area contributed by atoms with Gasteiger partial charge in [0.1, 0.15) is 12.1 Å². The molecule has 15 heteroatoms. The van der Waals surface area contributed by atoms with Crippen molar-refractivity contribution in [1.29, 1.82) is 0 Å². The smallest absolute Gasteiger partial charge is 0.426 e. The summed E-state index contributed by atoms with van der Waals surface area (Å²) in [4.78, 5) is 42.0. The van der Waals surface area contributed by atoms with Gasteiger partial charge in [-0.25, -0.2) is 13.4 Å². The first-order chi connectivity index (χ1) is 16.5. The van der Waals surface area contributed by atoms with E-state index in [1.54, 1.807) is 6.92 Å². The second kappa shape index (κ2) is 13.3. The molecule has 1 aliphatic carbocycles. The van der Waals surface area contributed by atoms with E-state index in [2.05, 4.69) is 25.7 Å². The lowest BCUT2D eigenvalue weighted by Gasteiger charge is -2.28. The highest BCUT2D eigenvalue weighted by Crippen LogP contribution is 2.29. The van der Waals surface area contributed by atoms with Crippen molar-refractivity contribution >= 4 is 46.2 Å². The Labute approximate surface area is 209 Å². The van der Waals surface area contributed by atoms with Crippen LogP contribution in [-0.4, -0.2) is 72.9 Å². The van der Waals surface area contributed by atoms with Gasteiger partial charge in [-0.05, 0) is 31.6 Å². The third-order valence-electron chi connectivity index (χ3n) is 6.13. The second-order valence-corrected chi connectivity index (χ2v) is 11.6. The zero-order valence-electron chi connectivity index (χ0n) is 20.1. The Balaban J connectivity index is 2.12. The van der Waals surface area contributed by atoms with E-state index in [-0.39, 0.29) is 16.2 Å². The summed E-state index contributed by atoms with van der Waals surface area (Å²) >= 11 is 0.942. The van der Waals surface area contributed by atoms with E-state index in [0.717, 1.165) is 24.2 Å². The number of nitrogens with zero attached hydrogens (tertiary/aromatic N) is 1. The zero-order chi connectivity index (χ0) is 26.2. The molecule has 4 atom stereocenters. The maximum Gasteiger partial charge on any atom is 0.475 e. The van der Waals surface area contributed by atoms with Crippen molar-refractivity contribution in [3.05, 3.63) is 11.6 Å². The maximum atomic E-state index is 13.3. The molecule has 1 aliphatic rings. The molecule has 12 nitrogen and oxygen atoms in total. The number of nitrogens with one attached hydrogen (secondary N) is 4. The molecule has 0 aromatic carbocycles. The number of sulfonamides is 1. The van der Waals surface area contributed by atoms with Crippen LogP contribution in [-0.2, 0) is 24.4 Å². The summed E-state index contributed by atoms with van der Waals surface area (Å²) in [6.07, 6.45) is 5.00. The van der Waals surface area contributed by atoms with Crippen LogP contribution in [0.4, 0.5) is 0 Å². The molecule has 0 bridgehead atoms. The summed E-state index contributed by atoms with van der Waals surface area (Å²) in [5.74, 6) is -3.30. The normalized spacial score (nSPS) is 17.7. The fraction of sp³-hybridized carbons (Fsp3) is 0.700. The zero-order valence-corrected chi connectivity index (χ0v) is 21.7. The molecule has 1 aromatic heterocycles. The van der Waals surface area contributed by atoms with E-state index in [9.17, 15) is 22.8 Å². The van der Waals surface area contributed by atoms with Crippen LogP contribution >= 0.6 is 11.3 Å². The van der Waals surface area contributed by atoms with Crippen LogP contribution < -0.4 is 20.7 Å². The summed E-state index contributed by atoms with van der Waals surface area (Å²) in [5, 5.41) is 27.1. The number of hydrogen-bond acceptors (Lipinski definition) is 9. The van der Waals surface area contributed by atoms with E-state index in [1.165, 1.54) is 18.5 Å². The average molecular weight is 531 g/mol. The van der Waals surface area contributed by atoms with Crippen LogP contribution in [0.25, 0.3) is 0 Å². The van der Waals surface area contributed by atoms with Gasteiger partial charge < -0.3 is 26.0 Å². The Morgan fingerprint density at radius 1 is 1.17 bits per heavy atom. The molecule has 0 saturated heterocycles. The van der Waals surface area contributed by atoms with Gasteiger partial charge in [-0.1, -0.05) is 33.1 Å². The van der Waals surface area contributed by atoms with Crippen molar-refractivity contribution in [3.8, 4) is 0 Å². The van der Waals surface area contributed by atoms with Crippen LogP contribution in [0.1, 0.15) is 52.9 Å². The van der Waals surface area contributed by atoms with Crippen LogP contribution in [0.15, 0.2) is 15.9 Å². The van der Waals surface area contributed by atoms with Crippen LogP contribution in [0, 0.1) is 11.8 Å². The highest BCUT2D eigenvalue weighted by molar-refractivity contribution is 7.91. The molecule has 1 aromatic rings. The minimum Gasteiger partial charge on any atom is -0.426 e. The number of hydrogen-bond donors (Lipinski definition) is 6. The molecular formula is C20H34BN5O7S2. The first-order valence-electron chi connectivity index (χ1n) is 11.6. The third-order valence-corrected chi connectivity index (χ3v) is 8.77. The summed E-state index contributed by atoms with van der Waals surface area (Å²) in [6, 6.07) is -2.07. The first-order valence-corrected chi connectivity index (χ1v) is 14.0. The number of aromatic nitrogens is 1. The number of thiazole rings is 1. The molecule has 1 fully saturated rings. The topological polar surface area (TPSA) is 187 Å². The maximum absolute atomic E-state index is 13.3. The van der Waals surface area contributed by atoms with E-state index in [1.807, 2.05) is 6.92 Å². The van der Waals surface area contributed by atoms with Gasteiger partial charge in [-0.2, -0.15) is 4.72 Å². The Morgan fingerprint density at radius 2 is 1.83 bits per heavy atom. The lowest BCUT2D eigenvalue weighted by atomic mass is 9.81. The van der Waals surface area contributed by atoms with Gasteiger partial charge in [-0.3, -0.25) is 14.4 Å². The van der Waals surface area contributed by atoms with Crippen molar-refractivity contribution in [2.24, 2.45) is 11.8 Å². The Morgan fingerprint density at radius 3 is 2.37 bits per heavy atom. The largest absolute Gasteiger partial charge is 0.475 e. The lowest BCUT2D eigenvalue weighted by molar-refractivity contribution is -0.132. The minimum atomic E-state index is -4.02. The predicted molar refractivity (Wildman–Crippen MR) is 130 cm³/mol. The quantitative estimate of drug-likeness (QED) is 0.178. The Kier molecular flexibility index (Phi) is 11.1. The molecule has 2 rings (SSSR count). The molecule has 0 aliphatic heterocycles. The van der Waals surface area contributed by atoms with Crippen molar-refractivity contribution in [2.45, 2.75) is 75.2 Å². The molecule has 6 N–H and O–H groups in total. The third kappa shape index (κ3) is 8.53. The molecule has 3 amide bonds. The highest BCUT2D eigenvalue weighted by atomic mass is 32.2. The van der Waals surface area contributed by atoms with Crippen molar-refractivity contribution < 1.29 is 32.8 Å². The van der Waals surface area contributed by atoms with Gasteiger partial charge in [0, 0.05) is 11.6 Å². The summed E-state index contributed by atoms with van der Waals surface area (Å²) in [6.45, 7) is 4.57. The van der Waals surface area contributed by atoms with Gasteiger partial charge >= 0.3 is 7.12 Å². The molecule has 196 valence electrons. The summed E-state index contributed by atoms with van der Waals surface area (Å²) in [5.41, 5.74) is 0. The second-order valence-electron chi connectivity index (χ2n) is 8.80. The molecule has 1 heterocycles. The van der Waals surface area contributed by atoms with Crippen LogP contribution in [0.5, 0.6) is 0 Å². The fourth-order valence-electron chi connectivity index (χ4n) is 3.82. The minimum absolute atomic E-state index is 0.141. The highest BCUT2D eigenvalue weighted by Gasteiger charge is 2.37. The van der Waals surface area contributed by atoms with Gasteiger partial charge in [0.25, 0.3) is 10.0 Å². The monoisotopic (exact) mass is 531 g/mol. The molecule has 1 saturated carbocycles. The first kappa shape index (κ1) is 29.2. The van der Waals surface area contributed by atoms with Crippen LogP contribution in [0.3, 0.4) is 0 Å². The summed E-state index contributed by atoms with van der Waals surface area (Å²) in [7, 11) is -5.77. The average Bonchev–Trinajstić information content (AvgIpc) is 3.53. The van der Waals surface area contributed by atoms with Gasteiger partial charge in [0.15, 0.2) is 0 Å². The lowest BCUT2D eigenvalue weighted by Crippen LogP contribution is -2.58. The van der Waals surface area contributed by atoms with E-state index in [4.69, 9.17) is 10.0 Å².